The summed E-state index contributed by atoms with van der Waals surface area (Å²) in [5.74, 6) is 0.835. The van der Waals surface area contributed by atoms with Crippen LogP contribution in [-0.4, -0.2) is 30.1 Å². The Morgan fingerprint density at radius 3 is 2.35 bits per heavy atom. The number of hydrogen-bond acceptors (Lipinski definition) is 2. The normalized spacial score (nSPS) is 36.0. The van der Waals surface area contributed by atoms with Crippen molar-refractivity contribution in [1.29, 1.82) is 0 Å². The van der Waals surface area contributed by atoms with Crippen LogP contribution in [-0.2, 0) is 0 Å². The summed E-state index contributed by atoms with van der Waals surface area (Å²) in [4.78, 5) is 2.77. The first-order chi connectivity index (χ1) is 9.19. The lowest BCUT2D eigenvalue weighted by Gasteiger charge is -2.42. The van der Waals surface area contributed by atoms with Crippen molar-refractivity contribution in [2.45, 2.75) is 78.7 Å². The molecule has 118 valence electrons. The summed E-state index contributed by atoms with van der Waals surface area (Å²) < 4.78 is 0. The maximum Gasteiger partial charge on any atom is 0.0332 e. The Morgan fingerprint density at radius 2 is 1.80 bits per heavy atom. The first-order valence-electron chi connectivity index (χ1n) is 8.64. The largest absolute Gasteiger partial charge is 0.329 e. The molecule has 2 atom stereocenters. The van der Waals surface area contributed by atoms with Crippen molar-refractivity contribution >= 4 is 0 Å². The zero-order valence-corrected chi connectivity index (χ0v) is 14.5. The summed E-state index contributed by atoms with van der Waals surface area (Å²) in [6.07, 6.45) is 8.01. The minimum absolute atomic E-state index is 0.299. The van der Waals surface area contributed by atoms with Gasteiger partial charge in [0.25, 0.3) is 0 Å². The van der Waals surface area contributed by atoms with E-state index in [-0.39, 0.29) is 0 Å². The van der Waals surface area contributed by atoms with Crippen LogP contribution < -0.4 is 5.73 Å². The van der Waals surface area contributed by atoms with Crippen molar-refractivity contribution in [1.82, 2.24) is 4.90 Å². The summed E-state index contributed by atoms with van der Waals surface area (Å²) in [6, 6.07) is 0. The van der Waals surface area contributed by atoms with E-state index in [1.807, 2.05) is 0 Å². The van der Waals surface area contributed by atoms with Gasteiger partial charge in [-0.05, 0) is 55.4 Å². The van der Waals surface area contributed by atoms with E-state index in [0.29, 0.717) is 16.4 Å². The van der Waals surface area contributed by atoms with Gasteiger partial charge >= 0.3 is 0 Å². The predicted molar refractivity (Wildman–Crippen MR) is 87.8 cm³/mol. The molecule has 0 aromatic heterocycles. The van der Waals surface area contributed by atoms with Gasteiger partial charge in [0.05, 0.1) is 0 Å². The Morgan fingerprint density at radius 1 is 1.10 bits per heavy atom. The fraction of sp³-hybridized carbons (Fsp3) is 1.00. The third kappa shape index (κ3) is 3.39. The molecule has 20 heavy (non-hydrogen) atoms. The number of rotatable bonds is 2. The standard InChI is InChI=1S/C18H36N2/c1-16(2,3)15-7-12-20(13-15)18(14-19)9-6-8-17(4,5)10-11-18/h15H,6-14,19H2,1-5H3. The molecular formula is C18H36N2. The second-order valence-corrected chi connectivity index (χ2v) is 9.24. The number of likely N-dealkylation sites (tertiary alicyclic amines) is 1. The Labute approximate surface area is 126 Å². The molecule has 1 saturated carbocycles. The second-order valence-electron chi connectivity index (χ2n) is 9.24. The third-order valence-corrected chi connectivity index (χ3v) is 6.23. The lowest BCUT2D eigenvalue weighted by Crippen LogP contribution is -2.53. The summed E-state index contributed by atoms with van der Waals surface area (Å²) in [5, 5.41) is 0. The molecule has 2 heteroatoms. The zero-order valence-electron chi connectivity index (χ0n) is 14.5. The van der Waals surface area contributed by atoms with Gasteiger partial charge in [-0.15, -0.1) is 0 Å². The molecule has 2 unspecified atom stereocenters. The van der Waals surface area contributed by atoms with Gasteiger partial charge in [0, 0.05) is 18.6 Å². The summed E-state index contributed by atoms with van der Waals surface area (Å²) in [6.45, 7) is 15.4. The molecule has 0 aromatic rings. The number of nitrogens with zero attached hydrogens (tertiary/aromatic N) is 1. The maximum atomic E-state index is 6.29. The molecule has 0 aromatic carbocycles. The van der Waals surface area contributed by atoms with E-state index < -0.39 is 0 Å². The van der Waals surface area contributed by atoms with Gasteiger partial charge < -0.3 is 5.73 Å². The molecule has 0 spiro atoms. The van der Waals surface area contributed by atoms with Crippen molar-refractivity contribution in [2.75, 3.05) is 19.6 Å². The summed E-state index contributed by atoms with van der Waals surface area (Å²) in [7, 11) is 0. The van der Waals surface area contributed by atoms with E-state index in [1.165, 1.54) is 51.6 Å². The van der Waals surface area contributed by atoms with E-state index in [2.05, 4.69) is 39.5 Å². The van der Waals surface area contributed by atoms with E-state index in [1.54, 1.807) is 0 Å². The number of nitrogens with two attached hydrogens (primary N) is 1. The highest BCUT2D eigenvalue weighted by Crippen LogP contribution is 2.44. The molecule has 2 N–H and O–H groups in total. The predicted octanol–water partition coefficient (Wildman–Crippen LogP) is 4.04. The first kappa shape index (κ1) is 16.3. The van der Waals surface area contributed by atoms with Crippen molar-refractivity contribution in [3.8, 4) is 0 Å². The Kier molecular flexibility index (Phi) is 4.57. The Balaban J connectivity index is 2.08. The van der Waals surface area contributed by atoms with Crippen LogP contribution in [0, 0.1) is 16.7 Å². The first-order valence-corrected chi connectivity index (χ1v) is 8.64. The molecule has 2 fully saturated rings. The van der Waals surface area contributed by atoms with Crippen molar-refractivity contribution in [3.63, 3.8) is 0 Å². The minimum atomic E-state index is 0.299. The molecule has 2 rings (SSSR count). The van der Waals surface area contributed by atoms with Crippen LogP contribution in [0.5, 0.6) is 0 Å². The van der Waals surface area contributed by atoms with Crippen LogP contribution in [0.3, 0.4) is 0 Å². The molecule has 1 heterocycles. The monoisotopic (exact) mass is 280 g/mol. The maximum absolute atomic E-state index is 6.29. The molecular weight excluding hydrogens is 244 g/mol. The molecule has 0 amide bonds. The van der Waals surface area contributed by atoms with Gasteiger partial charge in [0.1, 0.15) is 0 Å². The quantitative estimate of drug-likeness (QED) is 0.773. The van der Waals surface area contributed by atoms with Gasteiger partial charge in [0.2, 0.25) is 0 Å². The van der Waals surface area contributed by atoms with Crippen LogP contribution in [0.4, 0.5) is 0 Å². The van der Waals surface area contributed by atoms with E-state index in [9.17, 15) is 0 Å². The SMILES string of the molecule is CC1(C)CCCC(CN)(N2CCC(C(C)(C)C)C2)CC1. The lowest BCUT2D eigenvalue weighted by atomic mass is 9.80. The highest BCUT2D eigenvalue weighted by atomic mass is 15.2. The topological polar surface area (TPSA) is 29.3 Å². The van der Waals surface area contributed by atoms with Crippen LogP contribution in [0.1, 0.15) is 73.1 Å². The minimum Gasteiger partial charge on any atom is -0.329 e. The summed E-state index contributed by atoms with van der Waals surface area (Å²) in [5.41, 5.74) is 7.54. The van der Waals surface area contributed by atoms with Gasteiger partial charge in [-0.1, -0.05) is 41.0 Å². The Bertz CT molecular complexity index is 329. The highest BCUT2D eigenvalue weighted by molar-refractivity contribution is 4.99. The molecule has 1 aliphatic heterocycles. The molecule has 0 radical (unpaired) electrons. The average molecular weight is 281 g/mol. The summed E-state index contributed by atoms with van der Waals surface area (Å²) >= 11 is 0. The highest BCUT2D eigenvalue weighted by Gasteiger charge is 2.43. The fourth-order valence-corrected chi connectivity index (χ4v) is 4.26. The molecule has 1 aliphatic carbocycles. The van der Waals surface area contributed by atoms with Gasteiger partial charge in [-0.25, -0.2) is 0 Å². The second kappa shape index (κ2) is 5.61. The van der Waals surface area contributed by atoms with Crippen LogP contribution in [0.25, 0.3) is 0 Å². The van der Waals surface area contributed by atoms with Gasteiger partial charge in [-0.3, -0.25) is 4.90 Å². The van der Waals surface area contributed by atoms with Gasteiger partial charge in [0.15, 0.2) is 0 Å². The van der Waals surface area contributed by atoms with E-state index in [0.717, 1.165) is 12.5 Å². The molecule has 1 saturated heterocycles. The molecule has 2 aliphatic rings. The Hall–Kier alpha value is -0.0800. The van der Waals surface area contributed by atoms with Crippen molar-refractivity contribution < 1.29 is 0 Å². The van der Waals surface area contributed by atoms with Crippen LogP contribution in [0.2, 0.25) is 0 Å². The molecule has 0 bridgehead atoms. The van der Waals surface area contributed by atoms with E-state index in [4.69, 9.17) is 5.73 Å². The van der Waals surface area contributed by atoms with Gasteiger partial charge in [-0.2, -0.15) is 0 Å². The lowest BCUT2D eigenvalue weighted by molar-refractivity contribution is 0.0882. The smallest absolute Gasteiger partial charge is 0.0332 e. The van der Waals surface area contributed by atoms with Crippen molar-refractivity contribution in [2.24, 2.45) is 22.5 Å². The molecule has 2 nitrogen and oxygen atoms in total. The van der Waals surface area contributed by atoms with Crippen LogP contribution >= 0.6 is 0 Å². The van der Waals surface area contributed by atoms with Crippen molar-refractivity contribution in [3.05, 3.63) is 0 Å². The third-order valence-electron chi connectivity index (χ3n) is 6.23. The van der Waals surface area contributed by atoms with E-state index >= 15 is 0 Å². The average Bonchev–Trinajstić information content (AvgIpc) is 2.78. The number of hydrogen-bond donors (Lipinski definition) is 1. The fourth-order valence-electron chi connectivity index (χ4n) is 4.26. The zero-order chi connectivity index (χ0) is 15.0. The van der Waals surface area contributed by atoms with Crippen LogP contribution in [0.15, 0.2) is 0 Å².